The van der Waals surface area contributed by atoms with Crippen molar-refractivity contribution < 1.29 is 9.18 Å². The second-order valence-corrected chi connectivity index (χ2v) is 4.13. The van der Waals surface area contributed by atoms with Crippen molar-refractivity contribution in [3.8, 4) is 0 Å². The highest BCUT2D eigenvalue weighted by molar-refractivity contribution is 6.06. The van der Waals surface area contributed by atoms with E-state index in [1.54, 1.807) is 24.4 Å². The molecule has 94 valence electrons. The number of H-pyrrole nitrogens is 1. The molecule has 0 aliphatic heterocycles. The van der Waals surface area contributed by atoms with E-state index in [1.807, 2.05) is 0 Å². The van der Waals surface area contributed by atoms with Crippen molar-refractivity contribution in [2.45, 2.75) is 0 Å². The van der Waals surface area contributed by atoms with E-state index in [-0.39, 0.29) is 11.7 Å². The van der Waals surface area contributed by atoms with Gasteiger partial charge in [-0.2, -0.15) is 5.10 Å². The van der Waals surface area contributed by atoms with Gasteiger partial charge in [-0.1, -0.05) is 0 Å². The number of aromatic nitrogens is 2. The summed E-state index contributed by atoms with van der Waals surface area (Å²) in [7, 11) is 0. The molecule has 0 saturated heterocycles. The van der Waals surface area contributed by atoms with Crippen LogP contribution in [-0.4, -0.2) is 16.1 Å². The summed E-state index contributed by atoms with van der Waals surface area (Å²) in [5.74, 6) is -0.576. The molecule has 1 amide bonds. The number of amides is 1. The first kappa shape index (κ1) is 11.4. The number of carbonyl (C=O) groups is 1. The van der Waals surface area contributed by atoms with Crippen molar-refractivity contribution in [2.24, 2.45) is 0 Å². The molecule has 4 nitrogen and oxygen atoms in total. The number of halogens is 1. The Balaban J connectivity index is 1.84. The maximum Gasteiger partial charge on any atom is 0.255 e. The van der Waals surface area contributed by atoms with Crippen LogP contribution in [-0.2, 0) is 0 Å². The van der Waals surface area contributed by atoms with Gasteiger partial charge in [0, 0.05) is 16.6 Å². The summed E-state index contributed by atoms with van der Waals surface area (Å²) < 4.78 is 12.8. The summed E-state index contributed by atoms with van der Waals surface area (Å²) in [5, 5.41) is 10.3. The number of aromatic amines is 1. The highest BCUT2D eigenvalue weighted by Crippen LogP contribution is 2.15. The van der Waals surface area contributed by atoms with Crippen molar-refractivity contribution >= 4 is 22.5 Å². The van der Waals surface area contributed by atoms with Crippen LogP contribution in [0.2, 0.25) is 0 Å². The summed E-state index contributed by atoms with van der Waals surface area (Å²) in [6.45, 7) is 0. The zero-order valence-corrected chi connectivity index (χ0v) is 9.85. The first-order chi connectivity index (χ1) is 9.22. The standard InChI is InChI=1S/C14H10FN3O/c15-11-2-4-12(5-3-11)17-14(19)9-1-6-13-10(7-9)8-16-18-13/h1-8H,(H,16,18)(H,17,19). The van der Waals surface area contributed by atoms with Gasteiger partial charge in [-0.15, -0.1) is 0 Å². The number of carbonyl (C=O) groups excluding carboxylic acids is 1. The van der Waals surface area contributed by atoms with Crippen molar-refractivity contribution in [3.05, 3.63) is 60.0 Å². The predicted octanol–water partition coefficient (Wildman–Crippen LogP) is 2.95. The van der Waals surface area contributed by atoms with Crippen LogP contribution in [0.5, 0.6) is 0 Å². The average molecular weight is 255 g/mol. The minimum absolute atomic E-state index is 0.241. The SMILES string of the molecule is O=C(Nc1ccc(F)cc1)c1ccc2[nH]ncc2c1. The monoisotopic (exact) mass is 255 g/mol. The summed E-state index contributed by atoms with van der Waals surface area (Å²) in [6.07, 6.45) is 1.66. The first-order valence-corrected chi connectivity index (χ1v) is 5.72. The Morgan fingerprint density at radius 3 is 2.74 bits per heavy atom. The van der Waals surface area contributed by atoms with Gasteiger partial charge in [0.1, 0.15) is 5.82 Å². The highest BCUT2D eigenvalue weighted by Gasteiger charge is 2.07. The predicted molar refractivity (Wildman–Crippen MR) is 70.4 cm³/mol. The topological polar surface area (TPSA) is 57.8 Å². The number of anilines is 1. The van der Waals surface area contributed by atoms with Crippen molar-refractivity contribution in [1.29, 1.82) is 0 Å². The molecule has 19 heavy (non-hydrogen) atoms. The minimum Gasteiger partial charge on any atom is -0.322 e. The number of rotatable bonds is 2. The van der Waals surface area contributed by atoms with Gasteiger partial charge in [0.25, 0.3) is 5.91 Å². The summed E-state index contributed by atoms with van der Waals surface area (Å²) in [6, 6.07) is 10.9. The van der Waals surface area contributed by atoms with Gasteiger partial charge in [0.15, 0.2) is 0 Å². The number of benzene rings is 2. The Labute approximate surface area is 108 Å². The third-order valence-corrected chi connectivity index (χ3v) is 2.80. The highest BCUT2D eigenvalue weighted by atomic mass is 19.1. The smallest absolute Gasteiger partial charge is 0.255 e. The summed E-state index contributed by atoms with van der Waals surface area (Å²) in [5.41, 5.74) is 1.95. The second kappa shape index (κ2) is 4.53. The molecular formula is C14H10FN3O. The molecule has 0 radical (unpaired) electrons. The van der Waals surface area contributed by atoms with Crippen LogP contribution in [0.15, 0.2) is 48.7 Å². The summed E-state index contributed by atoms with van der Waals surface area (Å²) >= 11 is 0. The molecule has 1 heterocycles. The Bertz CT molecular complexity index is 734. The van der Waals surface area contributed by atoms with Crippen LogP contribution >= 0.6 is 0 Å². The molecule has 0 unspecified atom stereocenters. The molecule has 2 N–H and O–H groups in total. The molecule has 0 saturated carbocycles. The van der Waals surface area contributed by atoms with Gasteiger partial charge < -0.3 is 5.32 Å². The Kier molecular flexibility index (Phi) is 2.72. The zero-order chi connectivity index (χ0) is 13.2. The Morgan fingerprint density at radius 1 is 1.16 bits per heavy atom. The molecule has 3 aromatic rings. The lowest BCUT2D eigenvalue weighted by Gasteiger charge is -2.05. The maximum absolute atomic E-state index is 12.8. The fourth-order valence-electron chi connectivity index (χ4n) is 1.82. The number of fused-ring (bicyclic) bond motifs is 1. The minimum atomic E-state index is -0.335. The molecule has 0 fully saturated rings. The third-order valence-electron chi connectivity index (χ3n) is 2.80. The van der Waals surface area contributed by atoms with Gasteiger partial charge in [-0.3, -0.25) is 9.89 Å². The number of hydrogen-bond donors (Lipinski definition) is 2. The molecule has 0 aliphatic rings. The lowest BCUT2D eigenvalue weighted by molar-refractivity contribution is 0.102. The van der Waals surface area contributed by atoms with E-state index in [1.165, 1.54) is 24.3 Å². The van der Waals surface area contributed by atoms with E-state index >= 15 is 0 Å². The third kappa shape index (κ3) is 2.30. The Morgan fingerprint density at radius 2 is 1.95 bits per heavy atom. The lowest BCUT2D eigenvalue weighted by atomic mass is 10.1. The molecule has 5 heteroatoms. The van der Waals surface area contributed by atoms with Crippen molar-refractivity contribution in [2.75, 3.05) is 5.32 Å². The normalized spacial score (nSPS) is 10.6. The maximum atomic E-state index is 12.8. The molecule has 0 aliphatic carbocycles. The van der Waals surface area contributed by atoms with Crippen LogP contribution in [0.1, 0.15) is 10.4 Å². The largest absolute Gasteiger partial charge is 0.322 e. The van der Waals surface area contributed by atoms with E-state index in [0.29, 0.717) is 11.3 Å². The fraction of sp³-hybridized carbons (Fsp3) is 0. The molecule has 0 atom stereocenters. The molecular weight excluding hydrogens is 245 g/mol. The second-order valence-electron chi connectivity index (χ2n) is 4.13. The Hall–Kier alpha value is -2.69. The molecule has 3 rings (SSSR count). The van der Waals surface area contributed by atoms with Crippen molar-refractivity contribution in [1.82, 2.24) is 10.2 Å². The van der Waals surface area contributed by atoms with Crippen LogP contribution in [0, 0.1) is 5.82 Å². The first-order valence-electron chi connectivity index (χ1n) is 5.72. The van der Waals surface area contributed by atoms with E-state index < -0.39 is 0 Å². The van der Waals surface area contributed by atoms with E-state index in [9.17, 15) is 9.18 Å². The van der Waals surface area contributed by atoms with Gasteiger partial charge in [0.05, 0.1) is 11.7 Å². The lowest BCUT2D eigenvalue weighted by Crippen LogP contribution is -2.11. The van der Waals surface area contributed by atoms with Crippen LogP contribution in [0.3, 0.4) is 0 Å². The quantitative estimate of drug-likeness (QED) is 0.739. The van der Waals surface area contributed by atoms with Crippen LogP contribution in [0.25, 0.3) is 10.9 Å². The van der Waals surface area contributed by atoms with Crippen LogP contribution in [0.4, 0.5) is 10.1 Å². The van der Waals surface area contributed by atoms with E-state index in [0.717, 1.165) is 10.9 Å². The van der Waals surface area contributed by atoms with Crippen LogP contribution < -0.4 is 5.32 Å². The zero-order valence-electron chi connectivity index (χ0n) is 9.85. The number of hydrogen-bond acceptors (Lipinski definition) is 2. The van der Waals surface area contributed by atoms with E-state index in [4.69, 9.17) is 0 Å². The molecule has 2 aromatic carbocycles. The van der Waals surface area contributed by atoms with Gasteiger partial charge in [-0.25, -0.2) is 4.39 Å². The number of nitrogens with zero attached hydrogens (tertiary/aromatic N) is 1. The number of nitrogens with one attached hydrogen (secondary N) is 2. The molecule has 0 bridgehead atoms. The average Bonchev–Trinajstić information content (AvgIpc) is 2.88. The van der Waals surface area contributed by atoms with E-state index in [2.05, 4.69) is 15.5 Å². The summed E-state index contributed by atoms with van der Waals surface area (Å²) in [4.78, 5) is 12.0. The molecule has 0 spiro atoms. The van der Waals surface area contributed by atoms with Gasteiger partial charge in [0.2, 0.25) is 0 Å². The van der Waals surface area contributed by atoms with Crippen molar-refractivity contribution in [3.63, 3.8) is 0 Å². The fourth-order valence-corrected chi connectivity index (χ4v) is 1.82. The molecule has 1 aromatic heterocycles. The van der Waals surface area contributed by atoms with Gasteiger partial charge >= 0.3 is 0 Å². The van der Waals surface area contributed by atoms with Gasteiger partial charge in [-0.05, 0) is 42.5 Å².